The molecular formula is C18H18BrN5. The average molecular weight is 384 g/mol. The number of aryl methyl sites for hydroxylation is 2. The van der Waals surface area contributed by atoms with Gasteiger partial charge in [0.15, 0.2) is 5.82 Å². The topological polar surface area (TPSA) is 62.7 Å². The lowest BCUT2D eigenvalue weighted by molar-refractivity contribution is 0.948. The fourth-order valence-corrected chi connectivity index (χ4v) is 2.64. The second kappa shape index (κ2) is 7.40. The van der Waals surface area contributed by atoms with Gasteiger partial charge in [-0.05, 0) is 37.1 Å². The van der Waals surface area contributed by atoms with Gasteiger partial charge in [-0.2, -0.15) is 10.1 Å². The molecule has 0 fully saturated rings. The van der Waals surface area contributed by atoms with E-state index in [-0.39, 0.29) is 0 Å². The Hall–Kier alpha value is -2.47. The zero-order chi connectivity index (χ0) is 16.9. The quantitative estimate of drug-likeness (QED) is 0.673. The zero-order valence-electron chi connectivity index (χ0n) is 13.5. The van der Waals surface area contributed by atoms with Crippen molar-refractivity contribution in [3.05, 3.63) is 69.8 Å². The molecule has 0 aliphatic rings. The van der Waals surface area contributed by atoms with Crippen molar-refractivity contribution in [2.45, 2.75) is 20.4 Å². The van der Waals surface area contributed by atoms with Gasteiger partial charge in [0, 0.05) is 16.7 Å². The first kappa shape index (κ1) is 16.4. The fraction of sp³-hybridized carbons (Fsp3) is 0.167. The van der Waals surface area contributed by atoms with E-state index in [2.05, 4.69) is 66.9 Å². The first-order valence-corrected chi connectivity index (χ1v) is 8.42. The number of rotatable bonds is 5. The summed E-state index contributed by atoms with van der Waals surface area (Å²) in [7, 11) is 0. The van der Waals surface area contributed by atoms with Crippen LogP contribution < -0.4 is 10.6 Å². The van der Waals surface area contributed by atoms with Crippen LogP contribution in [0, 0.1) is 13.8 Å². The van der Waals surface area contributed by atoms with E-state index in [4.69, 9.17) is 0 Å². The van der Waals surface area contributed by atoms with Crippen molar-refractivity contribution in [1.82, 2.24) is 15.2 Å². The van der Waals surface area contributed by atoms with Crippen LogP contribution in [0.2, 0.25) is 0 Å². The summed E-state index contributed by atoms with van der Waals surface area (Å²) in [6, 6.07) is 14.4. The summed E-state index contributed by atoms with van der Waals surface area (Å²) < 4.78 is 1.05. The summed E-state index contributed by atoms with van der Waals surface area (Å²) in [5.41, 5.74) is 4.53. The molecule has 122 valence electrons. The molecule has 0 spiro atoms. The smallest absolute Gasteiger partial charge is 0.244 e. The molecule has 2 aromatic carbocycles. The number of halogens is 1. The molecule has 6 heteroatoms. The SMILES string of the molecule is Cc1cccc(CNc2nncc(Nc3ccc(C)c(Br)c3)n2)c1. The third kappa shape index (κ3) is 4.29. The van der Waals surface area contributed by atoms with Crippen LogP contribution in [-0.4, -0.2) is 15.2 Å². The standard InChI is InChI=1S/C18H18BrN5/c1-12-4-3-5-14(8-12)10-20-18-23-17(11-21-24-18)22-15-7-6-13(2)16(19)9-15/h3-9,11H,10H2,1-2H3,(H2,20,22,23,24). The van der Waals surface area contributed by atoms with Crippen LogP contribution in [0.25, 0.3) is 0 Å². The molecule has 1 aromatic heterocycles. The molecule has 0 amide bonds. The third-order valence-corrected chi connectivity index (χ3v) is 4.39. The van der Waals surface area contributed by atoms with Crippen molar-refractivity contribution in [2.75, 3.05) is 10.6 Å². The van der Waals surface area contributed by atoms with Gasteiger partial charge >= 0.3 is 0 Å². The Kier molecular flexibility index (Phi) is 5.05. The van der Waals surface area contributed by atoms with Crippen molar-refractivity contribution in [3.8, 4) is 0 Å². The molecule has 0 aliphatic carbocycles. The van der Waals surface area contributed by atoms with Gasteiger partial charge in [0.1, 0.15) is 0 Å². The molecule has 24 heavy (non-hydrogen) atoms. The maximum Gasteiger partial charge on any atom is 0.244 e. The Morgan fingerprint density at radius 2 is 1.96 bits per heavy atom. The van der Waals surface area contributed by atoms with Crippen LogP contribution in [0.4, 0.5) is 17.5 Å². The van der Waals surface area contributed by atoms with Crippen LogP contribution in [0.1, 0.15) is 16.7 Å². The Labute approximate surface area is 149 Å². The molecule has 0 unspecified atom stereocenters. The average Bonchev–Trinajstić information content (AvgIpc) is 2.57. The molecule has 2 N–H and O–H groups in total. The van der Waals surface area contributed by atoms with E-state index < -0.39 is 0 Å². The van der Waals surface area contributed by atoms with Crippen LogP contribution in [0.15, 0.2) is 53.1 Å². The first-order valence-electron chi connectivity index (χ1n) is 7.62. The normalized spacial score (nSPS) is 10.5. The van der Waals surface area contributed by atoms with Crippen molar-refractivity contribution < 1.29 is 0 Å². The summed E-state index contributed by atoms with van der Waals surface area (Å²) in [6.45, 7) is 4.78. The number of nitrogens with zero attached hydrogens (tertiary/aromatic N) is 3. The molecule has 3 aromatic rings. The van der Waals surface area contributed by atoms with Gasteiger partial charge < -0.3 is 10.6 Å². The molecule has 0 bridgehead atoms. The highest BCUT2D eigenvalue weighted by Gasteiger charge is 2.03. The molecular weight excluding hydrogens is 366 g/mol. The maximum atomic E-state index is 4.45. The monoisotopic (exact) mass is 383 g/mol. The molecule has 0 saturated carbocycles. The van der Waals surface area contributed by atoms with E-state index >= 15 is 0 Å². The number of benzene rings is 2. The summed E-state index contributed by atoms with van der Waals surface area (Å²) >= 11 is 3.53. The molecule has 5 nitrogen and oxygen atoms in total. The van der Waals surface area contributed by atoms with Crippen molar-refractivity contribution in [3.63, 3.8) is 0 Å². The van der Waals surface area contributed by atoms with E-state index in [1.165, 1.54) is 16.7 Å². The number of anilines is 3. The molecule has 0 saturated heterocycles. The second-order valence-electron chi connectivity index (χ2n) is 5.60. The Morgan fingerprint density at radius 1 is 1.08 bits per heavy atom. The van der Waals surface area contributed by atoms with Gasteiger partial charge in [-0.1, -0.05) is 51.8 Å². The van der Waals surface area contributed by atoms with E-state index in [9.17, 15) is 0 Å². The van der Waals surface area contributed by atoms with Gasteiger partial charge in [0.25, 0.3) is 0 Å². The van der Waals surface area contributed by atoms with Crippen LogP contribution in [-0.2, 0) is 6.54 Å². The van der Waals surface area contributed by atoms with Crippen LogP contribution in [0.3, 0.4) is 0 Å². The highest BCUT2D eigenvalue weighted by molar-refractivity contribution is 9.10. The lowest BCUT2D eigenvalue weighted by Crippen LogP contribution is -2.06. The van der Waals surface area contributed by atoms with Gasteiger partial charge in [-0.15, -0.1) is 5.10 Å². The van der Waals surface area contributed by atoms with Crippen LogP contribution in [0.5, 0.6) is 0 Å². The Balaban J connectivity index is 1.68. The Bertz CT molecular complexity index is 850. The van der Waals surface area contributed by atoms with Crippen LogP contribution >= 0.6 is 15.9 Å². The van der Waals surface area contributed by atoms with E-state index in [0.29, 0.717) is 18.3 Å². The lowest BCUT2D eigenvalue weighted by atomic mass is 10.1. The molecule has 3 rings (SSSR count). The lowest BCUT2D eigenvalue weighted by Gasteiger charge is -2.09. The molecule has 1 heterocycles. The third-order valence-electron chi connectivity index (χ3n) is 3.54. The minimum absolute atomic E-state index is 0.493. The number of nitrogens with one attached hydrogen (secondary N) is 2. The summed E-state index contributed by atoms with van der Waals surface area (Å²) in [4.78, 5) is 4.45. The van der Waals surface area contributed by atoms with Gasteiger partial charge in [-0.3, -0.25) is 0 Å². The predicted octanol–water partition coefficient (Wildman–Crippen LogP) is 4.61. The highest BCUT2D eigenvalue weighted by Crippen LogP contribution is 2.22. The van der Waals surface area contributed by atoms with Crippen molar-refractivity contribution in [2.24, 2.45) is 0 Å². The minimum Gasteiger partial charge on any atom is -0.349 e. The maximum absolute atomic E-state index is 4.45. The van der Waals surface area contributed by atoms with E-state index in [1.807, 2.05) is 31.2 Å². The zero-order valence-corrected chi connectivity index (χ0v) is 15.1. The molecule has 0 aliphatic heterocycles. The van der Waals surface area contributed by atoms with E-state index in [1.54, 1.807) is 6.20 Å². The number of aromatic nitrogens is 3. The Morgan fingerprint density at radius 3 is 2.75 bits per heavy atom. The number of hydrogen-bond acceptors (Lipinski definition) is 5. The van der Waals surface area contributed by atoms with Crippen molar-refractivity contribution in [1.29, 1.82) is 0 Å². The summed E-state index contributed by atoms with van der Waals surface area (Å²) in [5.74, 6) is 1.14. The summed E-state index contributed by atoms with van der Waals surface area (Å²) in [5, 5.41) is 14.5. The predicted molar refractivity (Wildman–Crippen MR) is 100 cm³/mol. The van der Waals surface area contributed by atoms with Gasteiger partial charge in [0.05, 0.1) is 6.20 Å². The summed E-state index contributed by atoms with van der Waals surface area (Å²) in [6.07, 6.45) is 1.60. The first-order chi connectivity index (χ1) is 11.6. The largest absolute Gasteiger partial charge is 0.349 e. The van der Waals surface area contributed by atoms with Gasteiger partial charge in [0.2, 0.25) is 5.95 Å². The number of hydrogen-bond donors (Lipinski definition) is 2. The fourth-order valence-electron chi connectivity index (χ4n) is 2.26. The second-order valence-corrected chi connectivity index (χ2v) is 6.45. The molecule has 0 radical (unpaired) electrons. The van der Waals surface area contributed by atoms with Crippen molar-refractivity contribution >= 4 is 33.4 Å². The highest BCUT2D eigenvalue weighted by atomic mass is 79.9. The minimum atomic E-state index is 0.493. The van der Waals surface area contributed by atoms with Gasteiger partial charge in [-0.25, -0.2) is 0 Å². The molecule has 0 atom stereocenters. The van der Waals surface area contributed by atoms with E-state index in [0.717, 1.165) is 10.2 Å².